The van der Waals surface area contributed by atoms with Crippen molar-refractivity contribution < 1.29 is 4.79 Å². The molecule has 26 heavy (non-hydrogen) atoms. The first kappa shape index (κ1) is 18.2. The molecule has 2 aromatic carbocycles. The molecular weight excluding hydrogens is 344 g/mol. The summed E-state index contributed by atoms with van der Waals surface area (Å²) >= 11 is 1.40. The second-order valence-corrected chi connectivity index (χ2v) is 7.60. The van der Waals surface area contributed by atoms with Crippen molar-refractivity contribution in [2.24, 2.45) is 7.05 Å². The van der Waals surface area contributed by atoms with Crippen molar-refractivity contribution >= 4 is 23.4 Å². The normalized spacial score (nSPS) is 12.0. The van der Waals surface area contributed by atoms with Crippen LogP contribution in [0.1, 0.15) is 18.1 Å². The van der Waals surface area contributed by atoms with Gasteiger partial charge in [0.05, 0.1) is 5.25 Å². The molecule has 1 atom stereocenters. The quantitative estimate of drug-likeness (QED) is 0.687. The topological polar surface area (TPSA) is 59.8 Å². The number of anilines is 1. The summed E-state index contributed by atoms with van der Waals surface area (Å²) in [5.74, 6) is 0.739. The fourth-order valence-corrected chi connectivity index (χ4v) is 3.35. The summed E-state index contributed by atoms with van der Waals surface area (Å²) in [4.78, 5) is 12.5. The number of carbonyl (C=O) groups excluding carboxylic acids is 1. The van der Waals surface area contributed by atoms with E-state index >= 15 is 0 Å². The summed E-state index contributed by atoms with van der Waals surface area (Å²) < 4.78 is 1.92. The summed E-state index contributed by atoms with van der Waals surface area (Å²) in [6, 6.07) is 15.9. The molecule has 6 heteroatoms. The molecule has 0 aliphatic carbocycles. The Morgan fingerprint density at radius 3 is 2.46 bits per heavy atom. The lowest BCUT2D eigenvalue weighted by molar-refractivity contribution is -0.115. The Labute approximate surface area is 157 Å². The fraction of sp³-hybridized carbons (Fsp3) is 0.250. The number of nitrogens with zero attached hydrogens (tertiary/aromatic N) is 3. The number of aromatic nitrogens is 3. The highest BCUT2D eigenvalue weighted by Gasteiger charge is 2.19. The molecule has 0 spiro atoms. The number of nitrogens with one attached hydrogen (secondary N) is 1. The minimum Gasteiger partial charge on any atom is -0.325 e. The maximum atomic E-state index is 12.5. The molecule has 0 radical (unpaired) electrons. The van der Waals surface area contributed by atoms with Gasteiger partial charge in [-0.3, -0.25) is 4.79 Å². The van der Waals surface area contributed by atoms with Crippen molar-refractivity contribution in [1.82, 2.24) is 14.8 Å². The highest BCUT2D eigenvalue weighted by atomic mass is 32.2. The summed E-state index contributed by atoms with van der Waals surface area (Å²) in [6.45, 7) is 5.90. The van der Waals surface area contributed by atoms with Crippen LogP contribution in [-0.4, -0.2) is 25.9 Å². The number of hydrogen-bond acceptors (Lipinski definition) is 4. The fourth-order valence-electron chi connectivity index (χ4n) is 2.53. The van der Waals surface area contributed by atoms with E-state index in [0.717, 1.165) is 22.6 Å². The Morgan fingerprint density at radius 2 is 1.77 bits per heavy atom. The van der Waals surface area contributed by atoms with Crippen molar-refractivity contribution in [2.45, 2.75) is 31.2 Å². The van der Waals surface area contributed by atoms with Gasteiger partial charge in [0.2, 0.25) is 5.91 Å². The molecule has 1 amide bonds. The van der Waals surface area contributed by atoms with Gasteiger partial charge >= 0.3 is 0 Å². The molecule has 134 valence electrons. The van der Waals surface area contributed by atoms with Crippen molar-refractivity contribution in [3.05, 3.63) is 59.7 Å². The predicted molar refractivity (Wildman–Crippen MR) is 106 cm³/mol. The van der Waals surface area contributed by atoms with Crippen LogP contribution in [0.4, 0.5) is 5.69 Å². The number of para-hydroxylation sites is 1. The van der Waals surface area contributed by atoms with Crippen molar-refractivity contribution in [2.75, 3.05) is 5.32 Å². The first-order chi connectivity index (χ1) is 12.5. The molecule has 0 fully saturated rings. The van der Waals surface area contributed by atoms with Gasteiger partial charge in [-0.2, -0.15) is 0 Å². The Hall–Kier alpha value is -2.60. The second kappa shape index (κ2) is 7.74. The average Bonchev–Trinajstić information content (AvgIpc) is 2.98. The van der Waals surface area contributed by atoms with Crippen LogP contribution in [0, 0.1) is 13.8 Å². The van der Waals surface area contributed by atoms with E-state index in [1.807, 2.05) is 61.9 Å². The molecule has 1 aromatic heterocycles. The predicted octanol–water partition coefficient (Wildman–Crippen LogP) is 4.22. The highest BCUT2D eigenvalue weighted by Crippen LogP contribution is 2.26. The molecule has 0 aliphatic rings. The van der Waals surface area contributed by atoms with Crippen molar-refractivity contribution in [1.29, 1.82) is 0 Å². The van der Waals surface area contributed by atoms with E-state index in [9.17, 15) is 4.79 Å². The van der Waals surface area contributed by atoms with Gasteiger partial charge in [-0.1, -0.05) is 59.8 Å². The number of carbonyl (C=O) groups is 1. The summed E-state index contributed by atoms with van der Waals surface area (Å²) in [5, 5.41) is 11.9. The molecule has 1 N–H and O–H groups in total. The van der Waals surface area contributed by atoms with Gasteiger partial charge < -0.3 is 9.88 Å². The van der Waals surface area contributed by atoms with E-state index < -0.39 is 0 Å². The third-order valence-corrected chi connectivity index (χ3v) is 5.33. The van der Waals surface area contributed by atoms with Gasteiger partial charge in [-0.15, -0.1) is 10.2 Å². The van der Waals surface area contributed by atoms with E-state index in [0.29, 0.717) is 5.16 Å². The van der Waals surface area contributed by atoms with Crippen LogP contribution in [0.25, 0.3) is 11.4 Å². The summed E-state index contributed by atoms with van der Waals surface area (Å²) in [7, 11) is 1.92. The van der Waals surface area contributed by atoms with Crippen LogP contribution in [-0.2, 0) is 11.8 Å². The van der Waals surface area contributed by atoms with Crippen LogP contribution in [0.15, 0.2) is 53.7 Å². The first-order valence-electron chi connectivity index (χ1n) is 8.45. The first-order valence-corrected chi connectivity index (χ1v) is 9.33. The van der Waals surface area contributed by atoms with Gasteiger partial charge in [0, 0.05) is 18.3 Å². The van der Waals surface area contributed by atoms with E-state index in [4.69, 9.17) is 0 Å². The minimum atomic E-state index is -0.289. The lowest BCUT2D eigenvalue weighted by Gasteiger charge is -2.13. The van der Waals surface area contributed by atoms with Gasteiger partial charge in [-0.25, -0.2) is 0 Å². The molecule has 3 rings (SSSR count). The van der Waals surface area contributed by atoms with Gasteiger partial charge in [-0.05, 0) is 32.4 Å². The van der Waals surface area contributed by atoms with E-state index in [2.05, 4.69) is 34.6 Å². The molecule has 1 heterocycles. The Balaban J connectivity index is 1.71. The van der Waals surface area contributed by atoms with E-state index in [-0.39, 0.29) is 11.2 Å². The molecular formula is C20H22N4OS. The molecule has 0 bridgehead atoms. The van der Waals surface area contributed by atoms with E-state index in [1.165, 1.54) is 17.3 Å². The second-order valence-electron chi connectivity index (χ2n) is 6.30. The number of hydrogen-bond donors (Lipinski definition) is 1. The molecule has 0 aliphatic heterocycles. The van der Waals surface area contributed by atoms with Gasteiger partial charge in [0.15, 0.2) is 11.0 Å². The maximum Gasteiger partial charge on any atom is 0.237 e. The zero-order valence-corrected chi connectivity index (χ0v) is 16.2. The van der Waals surface area contributed by atoms with Crippen molar-refractivity contribution in [3.63, 3.8) is 0 Å². The van der Waals surface area contributed by atoms with Gasteiger partial charge in [0.25, 0.3) is 0 Å². The zero-order chi connectivity index (χ0) is 18.7. The maximum absolute atomic E-state index is 12.5. The molecule has 0 saturated heterocycles. The van der Waals surface area contributed by atoms with Crippen LogP contribution in [0.5, 0.6) is 0 Å². The SMILES string of the molecule is Cc1ccc(-c2nnc(SC(C)C(=O)Nc3ccccc3C)n2C)cc1. The Kier molecular flexibility index (Phi) is 5.42. The van der Waals surface area contributed by atoms with Crippen LogP contribution in [0.3, 0.4) is 0 Å². The lowest BCUT2D eigenvalue weighted by Crippen LogP contribution is -2.23. The van der Waals surface area contributed by atoms with Crippen molar-refractivity contribution in [3.8, 4) is 11.4 Å². The minimum absolute atomic E-state index is 0.0517. The van der Waals surface area contributed by atoms with Crippen LogP contribution < -0.4 is 5.32 Å². The van der Waals surface area contributed by atoms with E-state index in [1.54, 1.807) is 0 Å². The third-order valence-electron chi connectivity index (χ3n) is 4.20. The number of thioether (sulfide) groups is 1. The smallest absolute Gasteiger partial charge is 0.237 e. The lowest BCUT2D eigenvalue weighted by atomic mass is 10.1. The molecule has 0 saturated carbocycles. The van der Waals surface area contributed by atoms with Crippen LogP contribution >= 0.6 is 11.8 Å². The molecule has 3 aromatic rings. The van der Waals surface area contributed by atoms with Crippen LogP contribution in [0.2, 0.25) is 0 Å². The number of aryl methyl sites for hydroxylation is 2. The Bertz CT molecular complexity index is 918. The Morgan fingerprint density at radius 1 is 1.08 bits per heavy atom. The monoisotopic (exact) mass is 366 g/mol. The molecule has 1 unspecified atom stereocenters. The summed E-state index contributed by atoms with van der Waals surface area (Å²) in [6.07, 6.45) is 0. The largest absolute Gasteiger partial charge is 0.325 e. The number of benzene rings is 2. The highest BCUT2D eigenvalue weighted by molar-refractivity contribution is 8.00. The third kappa shape index (κ3) is 3.96. The van der Waals surface area contributed by atoms with Gasteiger partial charge in [0.1, 0.15) is 0 Å². The molecule has 5 nitrogen and oxygen atoms in total. The summed E-state index contributed by atoms with van der Waals surface area (Å²) in [5.41, 5.74) is 4.09. The standard InChI is InChI=1S/C20H22N4OS/c1-13-9-11-16(12-10-13)18-22-23-20(24(18)4)26-15(3)19(25)21-17-8-6-5-7-14(17)2/h5-12,15H,1-4H3,(H,21,25). The average molecular weight is 366 g/mol. The number of amides is 1. The zero-order valence-electron chi connectivity index (χ0n) is 15.4. The number of rotatable bonds is 5.